The highest BCUT2D eigenvalue weighted by Gasteiger charge is 2.37. The van der Waals surface area contributed by atoms with Crippen molar-refractivity contribution < 1.29 is 4.42 Å². The van der Waals surface area contributed by atoms with Crippen LogP contribution < -0.4 is 9.80 Å². The first-order valence-electron chi connectivity index (χ1n) is 17.1. The molecule has 0 saturated heterocycles. The molecule has 4 heteroatoms. The van der Waals surface area contributed by atoms with Gasteiger partial charge in [-0.2, -0.15) is 0 Å². The van der Waals surface area contributed by atoms with E-state index in [0.29, 0.717) is 5.89 Å². The zero-order valence-corrected chi connectivity index (χ0v) is 28.0. The van der Waals surface area contributed by atoms with Gasteiger partial charge in [0.05, 0.1) is 0 Å². The molecule has 1 heterocycles. The van der Waals surface area contributed by atoms with Crippen molar-refractivity contribution >= 4 is 45.2 Å². The molecule has 9 rings (SSSR count). The molecule has 0 aliphatic heterocycles. The van der Waals surface area contributed by atoms with E-state index in [0.717, 1.165) is 50.8 Å². The molecule has 0 unspecified atom stereocenters. The maximum Gasteiger partial charge on any atom is 0.227 e. The number of para-hydroxylation sites is 3. The highest BCUT2D eigenvalue weighted by Crippen LogP contribution is 2.52. The Morgan fingerprint density at radius 1 is 0.440 bits per heavy atom. The molecule has 0 atom stereocenters. The Kier molecular flexibility index (Phi) is 7.10. The van der Waals surface area contributed by atoms with Crippen molar-refractivity contribution in [3.8, 4) is 22.6 Å². The third kappa shape index (κ3) is 5.05. The van der Waals surface area contributed by atoms with Crippen molar-refractivity contribution in [1.82, 2.24) is 4.98 Å². The normalized spacial score (nSPS) is 12.8. The van der Waals surface area contributed by atoms with Gasteiger partial charge < -0.3 is 14.2 Å². The second-order valence-corrected chi connectivity index (χ2v) is 13.3. The average Bonchev–Trinajstić information content (AvgIpc) is 3.68. The maximum atomic E-state index is 6.31. The molecule has 240 valence electrons. The molecule has 0 N–H and O–H groups in total. The minimum atomic E-state index is -0.234. The lowest BCUT2D eigenvalue weighted by Crippen LogP contribution is -2.17. The summed E-state index contributed by atoms with van der Waals surface area (Å²) < 4.78 is 6.31. The van der Waals surface area contributed by atoms with E-state index in [2.05, 4.69) is 169 Å². The van der Waals surface area contributed by atoms with Crippen molar-refractivity contribution in [2.24, 2.45) is 0 Å². The first kappa shape index (κ1) is 29.7. The Hall–Kier alpha value is -6.39. The van der Waals surface area contributed by atoms with Crippen molar-refractivity contribution in [2.75, 3.05) is 9.80 Å². The van der Waals surface area contributed by atoms with Gasteiger partial charge in [-0.25, -0.2) is 4.98 Å². The van der Waals surface area contributed by atoms with Crippen LogP contribution in [0.1, 0.15) is 25.0 Å². The zero-order chi connectivity index (χ0) is 33.7. The van der Waals surface area contributed by atoms with Gasteiger partial charge in [-0.1, -0.05) is 98.8 Å². The summed E-state index contributed by atoms with van der Waals surface area (Å²) in [5.74, 6) is 0.650. The number of benzene rings is 7. The lowest BCUT2D eigenvalue weighted by molar-refractivity contribution is 0.619. The molecule has 8 aromatic rings. The summed E-state index contributed by atoms with van der Waals surface area (Å²) in [5, 5.41) is 0. The number of hydrogen-bond acceptors (Lipinski definition) is 4. The number of nitrogens with zero attached hydrogens (tertiary/aromatic N) is 3. The first-order valence-corrected chi connectivity index (χ1v) is 17.1. The van der Waals surface area contributed by atoms with Gasteiger partial charge in [-0.15, -0.1) is 0 Å². The second-order valence-electron chi connectivity index (χ2n) is 13.3. The molecule has 7 aromatic carbocycles. The Labute approximate surface area is 292 Å². The fourth-order valence-corrected chi connectivity index (χ4v) is 7.38. The van der Waals surface area contributed by atoms with Gasteiger partial charge in [-0.3, -0.25) is 0 Å². The number of anilines is 6. The second kappa shape index (κ2) is 11.9. The van der Waals surface area contributed by atoms with Crippen LogP contribution in [-0.2, 0) is 5.41 Å². The fraction of sp³-hybridized carbons (Fsp3) is 0.0652. The molecule has 1 aromatic heterocycles. The fourth-order valence-electron chi connectivity index (χ4n) is 7.38. The van der Waals surface area contributed by atoms with Crippen LogP contribution in [0.2, 0.25) is 0 Å². The van der Waals surface area contributed by atoms with Crippen LogP contribution in [0.3, 0.4) is 0 Å². The molecule has 0 saturated carbocycles. The summed E-state index contributed by atoms with van der Waals surface area (Å²) in [6.45, 7) is 4.63. The molecule has 0 spiro atoms. The lowest BCUT2D eigenvalue weighted by atomic mass is 9.82. The quantitative estimate of drug-likeness (QED) is 0.173. The molecule has 0 radical (unpaired) electrons. The van der Waals surface area contributed by atoms with Crippen LogP contribution in [0.4, 0.5) is 34.1 Å². The number of fused-ring (bicyclic) bond motifs is 4. The molecule has 50 heavy (non-hydrogen) atoms. The minimum absolute atomic E-state index is 0.234. The van der Waals surface area contributed by atoms with Gasteiger partial charge in [-0.05, 0) is 113 Å². The molecule has 0 bridgehead atoms. The van der Waals surface area contributed by atoms with E-state index in [4.69, 9.17) is 9.40 Å². The molecule has 4 nitrogen and oxygen atoms in total. The summed E-state index contributed by atoms with van der Waals surface area (Å²) in [6.07, 6.45) is 0. The van der Waals surface area contributed by atoms with Crippen molar-refractivity contribution in [2.45, 2.75) is 19.3 Å². The van der Waals surface area contributed by atoms with Crippen LogP contribution in [0, 0.1) is 0 Å². The van der Waals surface area contributed by atoms with Gasteiger partial charge in [0.15, 0.2) is 5.58 Å². The van der Waals surface area contributed by atoms with Gasteiger partial charge in [0.25, 0.3) is 0 Å². The van der Waals surface area contributed by atoms with Crippen LogP contribution in [0.5, 0.6) is 0 Å². The molecule has 1 aliphatic carbocycles. The minimum Gasteiger partial charge on any atom is -0.436 e. The number of hydrogen-bond donors (Lipinski definition) is 0. The Bertz CT molecular complexity index is 2410. The first-order chi connectivity index (χ1) is 24.5. The maximum absolute atomic E-state index is 6.31. The Morgan fingerprint density at radius 2 is 0.920 bits per heavy atom. The van der Waals surface area contributed by atoms with Gasteiger partial charge in [0, 0.05) is 45.1 Å². The Morgan fingerprint density at radius 3 is 1.50 bits per heavy atom. The zero-order valence-electron chi connectivity index (χ0n) is 28.0. The summed E-state index contributed by atoms with van der Waals surface area (Å²) in [6, 6.07) is 61.9. The predicted octanol–water partition coefficient (Wildman–Crippen LogP) is 12.7. The molecular weight excluding hydrogens is 611 g/mol. The molecule has 0 amide bonds. The van der Waals surface area contributed by atoms with Crippen molar-refractivity contribution in [1.29, 1.82) is 0 Å². The summed E-state index contributed by atoms with van der Waals surface area (Å²) >= 11 is 0. The third-order valence-electron chi connectivity index (χ3n) is 9.84. The molecule has 0 fully saturated rings. The predicted molar refractivity (Wildman–Crippen MR) is 206 cm³/mol. The van der Waals surface area contributed by atoms with Crippen molar-refractivity contribution in [3.05, 3.63) is 187 Å². The van der Waals surface area contributed by atoms with Crippen LogP contribution in [-0.4, -0.2) is 4.98 Å². The smallest absolute Gasteiger partial charge is 0.227 e. The van der Waals surface area contributed by atoms with Gasteiger partial charge in [0.1, 0.15) is 5.52 Å². The van der Waals surface area contributed by atoms with E-state index in [-0.39, 0.29) is 5.41 Å². The lowest BCUT2D eigenvalue weighted by Gasteiger charge is -2.30. The molecule has 1 aliphatic rings. The summed E-state index contributed by atoms with van der Waals surface area (Å²) in [4.78, 5) is 9.57. The van der Waals surface area contributed by atoms with Crippen LogP contribution >= 0.6 is 0 Å². The number of rotatable bonds is 7. The van der Waals surface area contributed by atoms with E-state index in [1.54, 1.807) is 0 Å². The van der Waals surface area contributed by atoms with Crippen LogP contribution in [0.15, 0.2) is 180 Å². The van der Waals surface area contributed by atoms with E-state index >= 15 is 0 Å². The SMILES string of the molecule is CC1(C)c2cc(N(c3ccccc3)c3cccc(N(c4ccccc4)c4ccccc4)c3)ccc2-c2cc3oc(-c4ccccc4)nc3cc21. The van der Waals surface area contributed by atoms with Crippen molar-refractivity contribution in [3.63, 3.8) is 0 Å². The summed E-state index contributed by atoms with van der Waals surface area (Å²) in [5.41, 5.74) is 14.0. The standard InChI is InChI=1S/C46H35N3O/c1-46(2)41-29-38(26-27-39(41)40-30-44-43(31-42(40)46)47-45(50-44)32-16-7-3-8-17-32)49(35-22-13-6-14-23-35)37-25-15-24-36(28-37)48(33-18-9-4-10-19-33)34-20-11-5-12-21-34/h3-31H,1-2H3. The van der Waals surface area contributed by atoms with E-state index in [1.807, 2.05) is 30.3 Å². The number of oxazole rings is 1. The third-order valence-corrected chi connectivity index (χ3v) is 9.84. The van der Waals surface area contributed by atoms with Gasteiger partial charge in [0.2, 0.25) is 5.89 Å². The highest BCUT2D eigenvalue weighted by molar-refractivity contribution is 5.92. The Balaban J connectivity index is 1.16. The van der Waals surface area contributed by atoms with E-state index < -0.39 is 0 Å². The highest BCUT2D eigenvalue weighted by atomic mass is 16.3. The monoisotopic (exact) mass is 645 g/mol. The number of aromatic nitrogens is 1. The van der Waals surface area contributed by atoms with E-state index in [1.165, 1.54) is 22.3 Å². The topological polar surface area (TPSA) is 32.5 Å². The van der Waals surface area contributed by atoms with E-state index in [9.17, 15) is 0 Å². The van der Waals surface area contributed by atoms with Crippen LogP contribution in [0.25, 0.3) is 33.7 Å². The largest absolute Gasteiger partial charge is 0.436 e. The van der Waals surface area contributed by atoms with Gasteiger partial charge >= 0.3 is 0 Å². The summed E-state index contributed by atoms with van der Waals surface area (Å²) in [7, 11) is 0. The average molecular weight is 646 g/mol. The molecular formula is C46H35N3O.